The molecule has 3 N–H and O–H groups in total. The van der Waals surface area contributed by atoms with E-state index in [0.717, 1.165) is 37.4 Å². The number of carbonyl (C=O) groups is 1. The van der Waals surface area contributed by atoms with Gasteiger partial charge in [0.25, 0.3) is 0 Å². The number of carboxylic acid groups (broad SMARTS) is 1. The van der Waals surface area contributed by atoms with E-state index in [1.165, 1.54) is 0 Å². The fourth-order valence-electron chi connectivity index (χ4n) is 2.32. The highest BCUT2D eigenvalue weighted by molar-refractivity contribution is 5.68. The summed E-state index contributed by atoms with van der Waals surface area (Å²) in [6.07, 6.45) is -0.0355. The second-order valence-electron chi connectivity index (χ2n) is 5.09. The molecule has 1 fully saturated rings. The number of rotatable bonds is 4. The zero-order valence-corrected chi connectivity index (χ0v) is 11.2. The first-order valence-corrected chi connectivity index (χ1v) is 6.57. The summed E-state index contributed by atoms with van der Waals surface area (Å²) in [5.41, 5.74) is 7.93. The number of piperazine rings is 1. The molecule has 1 saturated heterocycles. The van der Waals surface area contributed by atoms with Gasteiger partial charge < -0.3 is 20.6 Å². The summed E-state index contributed by atoms with van der Waals surface area (Å²) in [5, 5.41) is 8.80. The third-order valence-corrected chi connectivity index (χ3v) is 3.56. The first kappa shape index (κ1) is 13.8. The summed E-state index contributed by atoms with van der Waals surface area (Å²) in [7, 11) is 2.12. The van der Waals surface area contributed by atoms with Crippen LogP contribution in [0.15, 0.2) is 24.3 Å². The Morgan fingerprint density at radius 2 is 2.05 bits per heavy atom. The zero-order chi connectivity index (χ0) is 13.8. The second kappa shape index (κ2) is 6.04. The fraction of sp³-hybridized carbons (Fsp3) is 0.500. The maximum absolute atomic E-state index is 10.7. The van der Waals surface area contributed by atoms with E-state index >= 15 is 0 Å². The van der Waals surface area contributed by atoms with E-state index in [9.17, 15) is 4.79 Å². The Bertz CT molecular complexity index is 442. The van der Waals surface area contributed by atoms with Gasteiger partial charge in [0.1, 0.15) is 0 Å². The lowest BCUT2D eigenvalue weighted by Crippen LogP contribution is -2.44. The number of likely N-dealkylation sites (N-methyl/N-ethyl adjacent to an activating group) is 1. The molecule has 0 saturated carbocycles. The Morgan fingerprint density at radius 1 is 1.37 bits per heavy atom. The van der Waals surface area contributed by atoms with Crippen LogP contribution in [0.5, 0.6) is 0 Å². The molecule has 1 aromatic rings. The van der Waals surface area contributed by atoms with Crippen molar-refractivity contribution in [3.05, 3.63) is 29.8 Å². The first-order chi connectivity index (χ1) is 9.06. The topological polar surface area (TPSA) is 69.8 Å². The molecular formula is C14H21N3O2. The van der Waals surface area contributed by atoms with Crippen LogP contribution in [-0.2, 0) is 4.79 Å². The van der Waals surface area contributed by atoms with Crippen LogP contribution in [0.3, 0.4) is 0 Å². The largest absolute Gasteiger partial charge is 0.481 e. The van der Waals surface area contributed by atoms with Gasteiger partial charge in [0.05, 0.1) is 6.42 Å². The van der Waals surface area contributed by atoms with E-state index in [0.29, 0.717) is 0 Å². The number of hydrogen-bond donors (Lipinski definition) is 2. The summed E-state index contributed by atoms with van der Waals surface area (Å²) in [5.74, 6) is -0.863. The highest BCUT2D eigenvalue weighted by atomic mass is 16.4. The normalized spacial score (nSPS) is 18.3. The number of nitrogens with two attached hydrogens (primary N) is 1. The lowest BCUT2D eigenvalue weighted by atomic mass is 10.0. The lowest BCUT2D eigenvalue weighted by molar-refractivity contribution is -0.137. The second-order valence-corrected chi connectivity index (χ2v) is 5.09. The maximum Gasteiger partial charge on any atom is 0.305 e. The highest BCUT2D eigenvalue weighted by Gasteiger charge is 2.16. The number of anilines is 1. The van der Waals surface area contributed by atoms with E-state index in [4.69, 9.17) is 10.8 Å². The van der Waals surface area contributed by atoms with Gasteiger partial charge in [-0.3, -0.25) is 4.79 Å². The van der Waals surface area contributed by atoms with Gasteiger partial charge in [0.2, 0.25) is 0 Å². The van der Waals surface area contributed by atoms with Gasteiger partial charge in [-0.05, 0) is 24.7 Å². The van der Waals surface area contributed by atoms with Crippen molar-refractivity contribution >= 4 is 11.7 Å². The Balaban J connectivity index is 2.08. The molecule has 5 nitrogen and oxygen atoms in total. The van der Waals surface area contributed by atoms with Crippen LogP contribution >= 0.6 is 0 Å². The van der Waals surface area contributed by atoms with Crippen molar-refractivity contribution in [3.63, 3.8) is 0 Å². The minimum absolute atomic E-state index is 0.0355. The van der Waals surface area contributed by atoms with Crippen LogP contribution in [0.2, 0.25) is 0 Å². The Hall–Kier alpha value is -1.59. The Kier molecular flexibility index (Phi) is 4.39. The molecule has 0 amide bonds. The molecular weight excluding hydrogens is 242 g/mol. The zero-order valence-electron chi connectivity index (χ0n) is 11.2. The molecule has 1 aliphatic heterocycles. The summed E-state index contributed by atoms with van der Waals surface area (Å²) < 4.78 is 0. The van der Waals surface area contributed by atoms with E-state index in [2.05, 4.69) is 22.9 Å². The molecule has 2 rings (SSSR count). The fourth-order valence-corrected chi connectivity index (χ4v) is 2.32. The van der Waals surface area contributed by atoms with Crippen molar-refractivity contribution in [3.8, 4) is 0 Å². The van der Waals surface area contributed by atoms with Gasteiger partial charge in [-0.25, -0.2) is 0 Å². The quantitative estimate of drug-likeness (QED) is 0.845. The molecule has 0 spiro atoms. The molecule has 1 heterocycles. The first-order valence-electron chi connectivity index (χ1n) is 6.57. The molecule has 19 heavy (non-hydrogen) atoms. The van der Waals surface area contributed by atoms with Gasteiger partial charge in [0.15, 0.2) is 0 Å². The summed E-state index contributed by atoms with van der Waals surface area (Å²) in [4.78, 5) is 15.3. The molecule has 0 aromatic heterocycles. The van der Waals surface area contributed by atoms with E-state index in [1.807, 2.05) is 18.2 Å². The molecule has 1 aromatic carbocycles. The maximum atomic E-state index is 10.7. The predicted molar refractivity (Wildman–Crippen MR) is 75.3 cm³/mol. The van der Waals surface area contributed by atoms with Gasteiger partial charge in [-0.1, -0.05) is 12.1 Å². The summed E-state index contributed by atoms with van der Waals surface area (Å²) >= 11 is 0. The van der Waals surface area contributed by atoms with E-state index < -0.39 is 12.0 Å². The Labute approximate surface area is 113 Å². The number of hydrogen-bond acceptors (Lipinski definition) is 4. The SMILES string of the molecule is CN1CCN(c2cccc(C(N)CC(=O)O)c2)CC1. The monoisotopic (exact) mass is 263 g/mol. The highest BCUT2D eigenvalue weighted by Crippen LogP contribution is 2.22. The molecule has 1 aliphatic rings. The molecule has 5 heteroatoms. The molecule has 1 atom stereocenters. The summed E-state index contributed by atoms with van der Waals surface area (Å²) in [6, 6.07) is 7.48. The van der Waals surface area contributed by atoms with Crippen LogP contribution in [-0.4, -0.2) is 49.2 Å². The van der Waals surface area contributed by atoms with Crippen molar-refractivity contribution < 1.29 is 9.90 Å². The van der Waals surface area contributed by atoms with Gasteiger partial charge in [-0.2, -0.15) is 0 Å². The van der Waals surface area contributed by atoms with Crippen LogP contribution < -0.4 is 10.6 Å². The standard InChI is InChI=1S/C14H21N3O2/c1-16-5-7-17(8-6-16)12-4-2-3-11(9-12)13(15)10-14(18)19/h2-4,9,13H,5-8,10,15H2,1H3,(H,18,19). The lowest BCUT2D eigenvalue weighted by Gasteiger charge is -2.34. The summed E-state index contributed by atoms with van der Waals surface area (Å²) in [6.45, 7) is 4.08. The number of nitrogens with zero attached hydrogens (tertiary/aromatic N) is 2. The average Bonchev–Trinajstić information content (AvgIpc) is 2.39. The van der Waals surface area contributed by atoms with Crippen LogP contribution in [0.25, 0.3) is 0 Å². The minimum atomic E-state index is -0.863. The minimum Gasteiger partial charge on any atom is -0.481 e. The van der Waals surface area contributed by atoms with Crippen molar-refractivity contribution in [1.82, 2.24) is 4.90 Å². The van der Waals surface area contributed by atoms with Crippen molar-refractivity contribution in [2.24, 2.45) is 5.73 Å². The van der Waals surface area contributed by atoms with Gasteiger partial charge in [-0.15, -0.1) is 0 Å². The van der Waals surface area contributed by atoms with Crippen molar-refractivity contribution in [1.29, 1.82) is 0 Å². The number of benzene rings is 1. The van der Waals surface area contributed by atoms with Crippen LogP contribution in [0, 0.1) is 0 Å². The Morgan fingerprint density at radius 3 is 2.68 bits per heavy atom. The van der Waals surface area contributed by atoms with E-state index in [-0.39, 0.29) is 6.42 Å². The number of carboxylic acids is 1. The van der Waals surface area contributed by atoms with Gasteiger partial charge >= 0.3 is 5.97 Å². The molecule has 1 unspecified atom stereocenters. The van der Waals surface area contributed by atoms with E-state index in [1.54, 1.807) is 0 Å². The van der Waals surface area contributed by atoms with Crippen molar-refractivity contribution in [2.75, 3.05) is 38.1 Å². The third-order valence-electron chi connectivity index (χ3n) is 3.56. The molecule has 0 radical (unpaired) electrons. The predicted octanol–water partition coefficient (Wildman–Crippen LogP) is 0.913. The molecule has 0 bridgehead atoms. The van der Waals surface area contributed by atoms with Crippen LogP contribution in [0.1, 0.15) is 18.0 Å². The van der Waals surface area contributed by atoms with Crippen LogP contribution in [0.4, 0.5) is 5.69 Å². The third kappa shape index (κ3) is 3.68. The smallest absolute Gasteiger partial charge is 0.305 e. The average molecular weight is 263 g/mol. The number of aliphatic carboxylic acids is 1. The van der Waals surface area contributed by atoms with Gasteiger partial charge in [0, 0.05) is 37.9 Å². The molecule has 0 aliphatic carbocycles. The van der Waals surface area contributed by atoms with Crippen molar-refractivity contribution in [2.45, 2.75) is 12.5 Å². The molecule has 104 valence electrons.